The van der Waals surface area contributed by atoms with Gasteiger partial charge in [0.2, 0.25) is 5.43 Å². The Hall–Kier alpha value is -2.32. The molecule has 19 heavy (non-hydrogen) atoms. The van der Waals surface area contributed by atoms with E-state index in [2.05, 4.69) is 5.32 Å². The van der Waals surface area contributed by atoms with E-state index in [0.717, 1.165) is 5.56 Å². The van der Waals surface area contributed by atoms with E-state index in [-0.39, 0.29) is 11.3 Å². The van der Waals surface area contributed by atoms with Gasteiger partial charge < -0.3 is 11.1 Å². The molecule has 2 rings (SSSR count). The van der Waals surface area contributed by atoms with Crippen LogP contribution in [0.3, 0.4) is 0 Å². The molecule has 0 radical (unpaired) electrons. The summed E-state index contributed by atoms with van der Waals surface area (Å²) >= 11 is 1.33. The molecule has 0 spiro atoms. The molecule has 0 saturated heterocycles. The smallest absolute Gasteiger partial charge is 0.223 e. The Morgan fingerprint density at radius 2 is 2.05 bits per heavy atom. The highest BCUT2D eigenvalue weighted by Gasteiger charge is 2.15. The fraction of sp³-hybridized carbons (Fsp3) is 0.143. The first kappa shape index (κ1) is 13.1. The van der Waals surface area contributed by atoms with Crippen molar-refractivity contribution in [3.8, 4) is 16.5 Å². The number of nitrogen functional groups attached to an aromatic ring is 1. The Bertz CT molecular complexity index is 686. The second-order valence-electron chi connectivity index (χ2n) is 3.89. The summed E-state index contributed by atoms with van der Waals surface area (Å²) in [5, 5.41) is 12.7. The molecular formula is C14H13N3OS. The van der Waals surface area contributed by atoms with E-state index in [1.165, 1.54) is 11.3 Å². The maximum atomic E-state index is 12.1. The van der Waals surface area contributed by atoms with Crippen LogP contribution in [0.5, 0.6) is 0 Å². The van der Waals surface area contributed by atoms with Crippen LogP contribution in [-0.4, -0.2) is 6.54 Å². The molecule has 4 nitrogen and oxygen atoms in total. The van der Waals surface area contributed by atoms with Gasteiger partial charge in [-0.3, -0.25) is 4.79 Å². The van der Waals surface area contributed by atoms with Crippen LogP contribution in [0.25, 0.3) is 10.4 Å². The molecule has 0 aliphatic carbocycles. The van der Waals surface area contributed by atoms with Gasteiger partial charge in [0.25, 0.3) is 0 Å². The fourth-order valence-electron chi connectivity index (χ4n) is 1.74. The van der Waals surface area contributed by atoms with Crippen molar-refractivity contribution < 1.29 is 0 Å². The van der Waals surface area contributed by atoms with Crippen molar-refractivity contribution in [1.82, 2.24) is 0 Å². The van der Waals surface area contributed by atoms with Gasteiger partial charge >= 0.3 is 0 Å². The van der Waals surface area contributed by atoms with Crippen LogP contribution in [0, 0.1) is 11.3 Å². The van der Waals surface area contributed by atoms with Crippen molar-refractivity contribution in [2.24, 2.45) is 0 Å². The van der Waals surface area contributed by atoms with Crippen LogP contribution in [0.1, 0.15) is 12.5 Å². The topological polar surface area (TPSA) is 78.9 Å². The molecule has 5 heteroatoms. The first-order valence-corrected chi connectivity index (χ1v) is 6.66. The molecule has 0 aliphatic rings. The maximum absolute atomic E-state index is 12.1. The summed E-state index contributed by atoms with van der Waals surface area (Å²) in [4.78, 5) is 12.8. The molecule has 0 atom stereocenters. The first-order valence-electron chi connectivity index (χ1n) is 5.85. The maximum Gasteiger partial charge on any atom is 0.223 e. The van der Waals surface area contributed by atoms with Gasteiger partial charge in [-0.1, -0.05) is 30.3 Å². The summed E-state index contributed by atoms with van der Waals surface area (Å²) in [5.74, 6) is 0. The predicted molar refractivity (Wildman–Crippen MR) is 79.3 cm³/mol. The molecule has 0 unspecified atom stereocenters. The summed E-state index contributed by atoms with van der Waals surface area (Å²) in [6, 6.07) is 11.4. The van der Waals surface area contributed by atoms with Crippen LogP contribution in [-0.2, 0) is 0 Å². The Labute approximate surface area is 115 Å². The summed E-state index contributed by atoms with van der Waals surface area (Å²) in [6.45, 7) is 2.56. The third-order valence-electron chi connectivity index (χ3n) is 2.63. The lowest BCUT2D eigenvalue weighted by Gasteiger charge is -2.10. The van der Waals surface area contributed by atoms with Gasteiger partial charge in [0.05, 0.1) is 10.6 Å². The van der Waals surface area contributed by atoms with E-state index in [9.17, 15) is 4.79 Å². The molecule has 3 N–H and O–H groups in total. The molecule has 1 aromatic heterocycles. The predicted octanol–water partition coefficient (Wildman–Crippen LogP) is 2.66. The standard InChI is InChI=1S/C14H13N3OS/c1-2-17-14-10(8-15)12(18)11(16)13(19-14)9-6-4-3-5-7-9/h3-7,17H,2,16H2,1H3. The van der Waals surface area contributed by atoms with E-state index in [4.69, 9.17) is 11.0 Å². The number of rotatable bonds is 3. The third kappa shape index (κ3) is 2.44. The molecule has 0 bridgehead atoms. The molecular weight excluding hydrogens is 258 g/mol. The average molecular weight is 271 g/mol. The number of hydrogen-bond donors (Lipinski definition) is 2. The van der Waals surface area contributed by atoms with Crippen molar-refractivity contribution in [1.29, 1.82) is 5.26 Å². The second kappa shape index (κ2) is 5.55. The number of nitriles is 1. The van der Waals surface area contributed by atoms with Crippen LogP contribution in [0.4, 0.5) is 10.7 Å². The van der Waals surface area contributed by atoms with Gasteiger partial charge in [0, 0.05) is 6.54 Å². The second-order valence-corrected chi connectivity index (χ2v) is 4.91. The van der Waals surface area contributed by atoms with Gasteiger partial charge in [0.15, 0.2) is 0 Å². The molecule has 1 aromatic carbocycles. The lowest BCUT2D eigenvalue weighted by molar-refractivity contribution is 1.22. The highest BCUT2D eigenvalue weighted by molar-refractivity contribution is 7.19. The normalized spacial score (nSPS) is 9.89. The minimum Gasteiger partial charge on any atom is -0.394 e. The fourth-order valence-corrected chi connectivity index (χ4v) is 2.86. The van der Waals surface area contributed by atoms with Gasteiger partial charge in [-0.05, 0) is 12.5 Å². The number of anilines is 2. The summed E-state index contributed by atoms with van der Waals surface area (Å²) < 4.78 is 0. The van der Waals surface area contributed by atoms with Gasteiger partial charge in [-0.25, -0.2) is 0 Å². The van der Waals surface area contributed by atoms with Gasteiger partial charge in [-0.2, -0.15) is 5.26 Å². The van der Waals surface area contributed by atoms with Crippen LogP contribution >= 0.6 is 11.3 Å². The number of nitrogens with one attached hydrogen (secondary N) is 1. The lowest BCUT2D eigenvalue weighted by Crippen LogP contribution is -2.15. The minimum absolute atomic E-state index is 0.0871. The quantitative estimate of drug-likeness (QED) is 0.899. The zero-order valence-corrected chi connectivity index (χ0v) is 11.3. The Kier molecular flexibility index (Phi) is 3.83. The SMILES string of the molecule is CCNc1sc(-c2ccccc2)c(N)c(=O)c1C#N. The largest absolute Gasteiger partial charge is 0.394 e. The van der Waals surface area contributed by atoms with E-state index < -0.39 is 5.43 Å². The Morgan fingerprint density at radius 3 is 2.63 bits per heavy atom. The van der Waals surface area contributed by atoms with Crippen LogP contribution in [0.15, 0.2) is 35.1 Å². The molecule has 96 valence electrons. The van der Waals surface area contributed by atoms with Crippen molar-refractivity contribution in [3.63, 3.8) is 0 Å². The van der Waals surface area contributed by atoms with Crippen LogP contribution in [0.2, 0.25) is 0 Å². The molecule has 0 amide bonds. The monoisotopic (exact) mass is 271 g/mol. The van der Waals surface area contributed by atoms with Crippen molar-refractivity contribution in [2.45, 2.75) is 6.92 Å². The van der Waals surface area contributed by atoms with E-state index in [1.54, 1.807) is 0 Å². The van der Waals surface area contributed by atoms with Crippen molar-refractivity contribution >= 4 is 22.0 Å². The number of hydrogen-bond acceptors (Lipinski definition) is 5. The van der Waals surface area contributed by atoms with Crippen LogP contribution < -0.4 is 16.5 Å². The molecule has 0 fully saturated rings. The van der Waals surface area contributed by atoms with Gasteiger partial charge in [0.1, 0.15) is 16.6 Å². The van der Waals surface area contributed by atoms with Crippen molar-refractivity contribution in [2.75, 3.05) is 17.6 Å². The third-order valence-corrected chi connectivity index (χ3v) is 3.84. The average Bonchev–Trinajstić information content (AvgIpc) is 2.44. The zero-order chi connectivity index (χ0) is 13.8. The molecule has 0 aliphatic heterocycles. The van der Waals surface area contributed by atoms with E-state index in [0.29, 0.717) is 16.4 Å². The Balaban J connectivity index is 2.71. The van der Waals surface area contributed by atoms with Gasteiger partial charge in [-0.15, -0.1) is 11.3 Å². The summed E-state index contributed by atoms with van der Waals surface area (Å²) in [5.41, 5.74) is 6.57. The van der Waals surface area contributed by atoms with Crippen molar-refractivity contribution in [3.05, 3.63) is 46.1 Å². The molecule has 0 saturated carbocycles. The number of benzene rings is 1. The highest BCUT2D eigenvalue weighted by Crippen LogP contribution is 2.33. The first-order chi connectivity index (χ1) is 9.19. The molecule has 2 aromatic rings. The zero-order valence-electron chi connectivity index (χ0n) is 10.4. The van der Waals surface area contributed by atoms with E-state index >= 15 is 0 Å². The van der Waals surface area contributed by atoms with E-state index in [1.807, 2.05) is 43.3 Å². The number of nitrogens with zero attached hydrogens (tertiary/aromatic N) is 1. The number of nitrogens with two attached hydrogens (primary N) is 1. The summed E-state index contributed by atoms with van der Waals surface area (Å²) in [6.07, 6.45) is 0. The lowest BCUT2D eigenvalue weighted by atomic mass is 10.1. The highest BCUT2D eigenvalue weighted by atomic mass is 32.1. The minimum atomic E-state index is -0.406. The molecule has 1 heterocycles. The summed E-state index contributed by atoms with van der Waals surface area (Å²) in [7, 11) is 0. The Morgan fingerprint density at radius 1 is 1.37 bits per heavy atom.